The molecule has 0 radical (unpaired) electrons. The van der Waals surface area contributed by atoms with Gasteiger partial charge in [0.2, 0.25) is 0 Å². The molecular formula is C27H34F3N3O5S. The van der Waals surface area contributed by atoms with Crippen molar-refractivity contribution in [1.29, 1.82) is 0 Å². The zero-order chi connectivity index (χ0) is 28.4. The Bertz CT molecular complexity index is 1260. The number of aromatic nitrogens is 1. The molecule has 2 amide bonds. The highest BCUT2D eigenvalue weighted by atomic mass is 32.1. The normalized spacial score (nSPS) is 20.9. The van der Waals surface area contributed by atoms with E-state index < -0.39 is 23.7 Å². The summed E-state index contributed by atoms with van der Waals surface area (Å²) >= 11 is 1.32. The van der Waals surface area contributed by atoms with Gasteiger partial charge in [-0.2, -0.15) is 18.2 Å². The molecule has 2 aliphatic rings. The zero-order valence-electron chi connectivity index (χ0n) is 22.3. The number of benzene rings is 1. The summed E-state index contributed by atoms with van der Waals surface area (Å²) in [5.74, 6) is -0.991. The van der Waals surface area contributed by atoms with Crippen LogP contribution in [0.5, 0.6) is 5.75 Å². The van der Waals surface area contributed by atoms with Crippen molar-refractivity contribution in [3.63, 3.8) is 0 Å². The van der Waals surface area contributed by atoms with E-state index in [2.05, 4.69) is 4.99 Å². The van der Waals surface area contributed by atoms with Gasteiger partial charge in [0, 0.05) is 36.7 Å². The molecule has 1 aromatic heterocycles. The van der Waals surface area contributed by atoms with Crippen LogP contribution in [0.3, 0.4) is 0 Å². The number of rotatable bonds is 6. The van der Waals surface area contributed by atoms with Crippen molar-refractivity contribution in [2.45, 2.75) is 70.7 Å². The third-order valence-corrected chi connectivity index (χ3v) is 8.33. The number of alkyl halides is 3. The van der Waals surface area contributed by atoms with Crippen LogP contribution in [0.15, 0.2) is 29.4 Å². The number of carbonyl (C=O) groups is 2. The van der Waals surface area contributed by atoms with E-state index in [1.54, 1.807) is 0 Å². The minimum absolute atomic E-state index is 0.0116. The molecule has 12 heteroatoms. The fourth-order valence-electron chi connectivity index (χ4n) is 4.68. The quantitative estimate of drug-likeness (QED) is 0.492. The first-order valence-electron chi connectivity index (χ1n) is 13.0. The minimum atomic E-state index is -4.65. The van der Waals surface area contributed by atoms with Crippen molar-refractivity contribution in [3.8, 4) is 5.75 Å². The van der Waals surface area contributed by atoms with E-state index in [1.807, 2.05) is 31.5 Å². The van der Waals surface area contributed by atoms with Gasteiger partial charge in [0.25, 0.3) is 5.91 Å². The van der Waals surface area contributed by atoms with Crippen molar-refractivity contribution >= 4 is 23.3 Å². The molecule has 214 valence electrons. The summed E-state index contributed by atoms with van der Waals surface area (Å²) in [5, 5.41) is 9.28. The molecule has 2 aliphatic heterocycles. The summed E-state index contributed by atoms with van der Waals surface area (Å²) in [6.07, 6.45) is -0.559. The Morgan fingerprint density at radius 3 is 2.62 bits per heavy atom. The number of halogens is 3. The Labute approximate surface area is 229 Å². The molecule has 0 bridgehead atoms. The Kier molecular flexibility index (Phi) is 8.75. The van der Waals surface area contributed by atoms with Crippen LogP contribution in [0.1, 0.15) is 67.3 Å². The molecule has 2 aromatic rings. The zero-order valence-corrected chi connectivity index (χ0v) is 23.1. The standard InChI is InChI=1S/C27H34F3N3O5S/c1-26(2,3)22-15-33(14-19-7-5-11-37-19)24(39-22)31-23(34)20-12-18(27(28,29)30)8-9-21(20)38-16-17-6-4-10-32(13-17)25(35)36/h8-9,12,15,17,19H,4-7,10-11,13-14,16H2,1-3H3,(H,35,36)/t17-,19-/m1/s1. The van der Waals surface area contributed by atoms with Crippen LogP contribution >= 0.6 is 11.3 Å². The van der Waals surface area contributed by atoms with Crippen LogP contribution in [-0.2, 0) is 22.9 Å². The number of likely N-dealkylation sites (tertiary alicyclic amines) is 1. The summed E-state index contributed by atoms with van der Waals surface area (Å²) in [6, 6.07) is 2.78. The number of thiazole rings is 1. The van der Waals surface area contributed by atoms with Crippen molar-refractivity contribution in [2.24, 2.45) is 10.9 Å². The Morgan fingerprint density at radius 2 is 1.97 bits per heavy atom. The van der Waals surface area contributed by atoms with Gasteiger partial charge >= 0.3 is 12.3 Å². The van der Waals surface area contributed by atoms with Crippen molar-refractivity contribution in [2.75, 3.05) is 26.3 Å². The second-order valence-corrected chi connectivity index (χ2v) is 12.1. The van der Waals surface area contributed by atoms with E-state index in [0.717, 1.165) is 35.9 Å². The van der Waals surface area contributed by atoms with Gasteiger partial charge in [0.1, 0.15) is 5.75 Å². The molecule has 4 rings (SSSR count). The van der Waals surface area contributed by atoms with E-state index in [1.165, 1.54) is 16.2 Å². The summed E-state index contributed by atoms with van der Waals surface area (Å²) in [6.45, 7) is 8.04. The Hall–Kier alpha value is -2.86. The molecule has 2 fully saturated rings. The lowest BCUT2D eigenvalue weighted by molar-refractivity contribution is -0.137. The summed E-state index contributed by atoms with van der Waals surface area (Å²) < 4.78 is 54.1. The lowest BCUT2D eigenvalue weighted by atomic mass is 9.95. The molecule has 2 saturated heterocycles. The van der Waals surface area contributed by atoms with Crippen molar-refractivity contribution < 1.29 is 37.3 Å². The average molecular weight is 570 g/mol. The van der Waals surface area contributed by atoms with E-state index in [4.69, 9.17) is 9.47 Å². The number of nitrogens with zero attached hydrogens (tertiary/aromatic N) is 3. The first-order chi connectivity index (χ1) is 18.3. The number of carbonyl (C=O) groups excluding carboxylic acids is 1. The predicted octanol–water partition coefficient (Wildman–Crippen LogP) is 5.55. The Balaban J connectivity index is 1.65. The molecule has 0 spiro atoms. The molecule has 3 heterocycles. The van der Waals surface area contributed by atoms with E-state index in [-0.39, 0.29) is 41.9 Å². The van der Waals surface area contributed by atoms with Crippen molar-refractivity contribution in [3.05, 3.63) is 45.2 Å². The van der Waals surface area contributed by atoms with Crippen LogP contribution < -0.4 is 9.54 Å². The maximum absolute atomic E-state index is 13.6. The molecule has 0 unspecified atom stereocenters. The van der Waals surface area contributed by atoms with Gasteiger partial charge in [0.15, 0.2) is 4.80 Å². The highest BCUT2D eigenvalue weighted by molar-refractivity contribution is 7.09. The van der Waals surface area contributed by atoms with Crippen LogP contribution in [0.4, 0.5) is 18.0 Å². The highest BCUT2D eigenvalue weighted by Gasteiger charge is 2.33. The lowest BCUT2D eigenvalue weighted by Gasteiger charge is -2.30. The third kappa shape index (κ3) is 7.42. The molecule has 8 nitrogen and oxygen atoms in total. The van der Waals surface area contributed by atoms with Gasteiger partial charge in [-0.05, 0) is 49.3 Å². The second kappa shape index (κ2) is 11.7. The summed E-state index contributed by atoms with van der Waals surface area (Å²) in [7, 11) is 0. The first-order valence-corrected chi connectivity index (χ1v) is 13.9. The van der Waals surface area contributed by atoms with Crippen LogP contribution in [0.2, 0.25) is 0 Å². The maximum Gasteiger partial charge on any atom is 0.416 e. The van der Waals surface area contributed by atoms with E-state index >= 15 is 0 Å². The Morgan fingerprint density at radius 1 is 1.21 bits per heavy atom. The van der Waals surface area contributed by atoms with Gasteiger partial charge in [-0.1, -0.05) is 20.8 Å². The summed E-state index contributed by atoms with van der Waals surface area (Å²) in [4.78, 5) is 31.7. The third-order valence-electron chi connectivity index (χ3n) is 6.88. The number of hydrogen-bond acceptors (Lipinski definition) is 5. The smallest absolute Gasteiger partial charge is 0.416 e. The molecule has 1 N–H and O–H groups in total. The van der Waals surface area contributed by atoms with Crippen molar-refractivity contribution in [1.82, 2.24) is 9.47 Å². The molecule has 39 heavy (non-hydrogen) atoms. The second-order valence-electron chi connectivity index (χ2n) is 11.1. The van der Waals surface area contributed by atoms with Gasteiger partial charge < -0.3 is 24.0 Å². The topological polar surface area (TPSA) is 93.4 Å². The molecule has 0 saturated carbocycles. The average Bonchev–Trinajstić information content (AvgIpc) is 3.52. The number of carboxylic acid groups (broad SMARTS) is 1. The van der Waals surface area contributed by atoms with Gasteiger partial charge in [-0.25, -0.2) is 4.79 Å². The molecular weight excluding hydrogens is 535 g/mol. The van der Waals surface area contributed by atoms with Crippen LogP contribution in [0, 0.1) is 5.92 Å². The molecule has 0 aliphatic carbocycles. The number of amides is 2. The predicted molar refractivity (Wildman–Crippen MR) is 139 cm³/mol. The fraction of sp³-hybridized carbons (Fsp3) is 0.593. The largest absolute Gasteiger partial charge is 0.492 e. The number of piperidine rings is 1. The van der Waals surface area contributed by atoms with Gasteiger partial charge in [-0.15, -0.1) is 11.3 Å². The van der Waals surface area contributed by atoms with E-state index in [0.29, 0.717) is 37.3 Å². The van der Waals surface area contributed by atoms with Crippen LogP contribution in [-0.4, -0.2) is 59.0 Å². The van der Waals surface area contributed by atoms with Gasteiger partial charge in [0.05, 0.1) is 30.4 Å². The van der Waals surface area contributed by atoms with Gasteiger partial charge in [-0.3, -0.25) is 4.79 Å². The molecule has 2 atom stereocenters. The lowest BCUT2D eigenvalue weighted by Crippen LogP contribution is -2.40. The van der Waals surface area contributed by atoms with E-state index in [9.17, 15) is 27.9 Å². The highest BCUT2D eigenvalue weighted by Crippen LogP contribution is 2.33. The first kappa shape index (κ1) is 29.1. The summed E-state index contributed by atoms with van der Waals surface area (Å²) in [5.41, 5.74) is -1.48. The maximum atomic E-state index is 13.6. The van der Waals surface area contributed by atoms with Crippen LogP contribution in [0.25, 0.3) is 0 Å². The number of ether oxygens (including phenoxy) is 2. The monoisotopic (exact) mass is 569 g/mol. The number of hydrogen-bond donors (Lipinski definition) is 1. The minimum Gasteiger partial charge on any atom is -0.492 e. The molecule has 1 aromatic carbocycles. The fourth-order valence-corrected chi connectivity index (χ4v) is 5.74. The SMILES string of the molecule is CC(C)(C)c1cn(C[C@H]2CCCO2)c(=NC(=O)c2cc(C(F)(F)F)ccc2OC[C@@H]2CCCN(C(=O)O)C2)s1.